The maximum absolute atomic E-state index is 11.6. The Morgan fingerprint density at radius 2 is 1.89 bits per heavy atom. The van der Waals surface area contributed by atoms with E-state index in [2.05, 4.69) is 16.0 Å². The summed E-state index contributed by atoms with van der Waals surface area (Å²) in [7, 11) is 1.51. The zero-order valence-electron chi connectivity index (χ0n) is 15.6. The molecule has 0 unspecified atom stereocenters. The first-order valence-corrected chi connectivity index (χ1v) is 9.15. The van der Waals surface area contributed by atoms with Crippen molar-refractivity contribution in [2.45, 2.75) is 19.4 Å². The maximum atomic E-state index is 11.6. The number of carbonyl (C=O) groups excluding carboxylic acids is 1. The molecule has 1 amide bonds. The molecular weight excluding hydrogens is 342 g/mol. The minimum atomic E-state index is -0.114. The first-order valence-electron chi connectivity index (χ1n) is 9.15. The summed E-state index contributed by atoms with van der Waals surface area (Å²) in [6, 6.07) is 17.9. The van der Waals surface area contributed by atoms with Gasteiger partial charge in [0.25, 0.3) is 0 Å². The van der Waals surface area contributed by atoms with Gasteiger partial charge in [0.05, 0.1) is 17.6 Å². The van der Waals surface area contributed by atoms with Gasteiger partial charge < -0.3 is 19.4 Å². The molecule has 0 saturated carbocycles. The number of amides is 1. The van der Waals surface area contributed by atoms with Crippen molar-refractivity contribution in [3.05, 3.63) is 60.4 Å². The molecule has 0 spiro atoms. The first kappa shape index (κ1) is 18.9. The number of fused-ring (bicyclic) bond motifs is 1. The van der Waals surface area contributed by atoms with Crippen molar-refractivity contribution in [1.82, 2.24) is 14.9 Å². The molecule has 0 atom stereocenters. The Balaban J connectivity index is 1.60. The fraction of sp³-hybridized carbons (Fsp3) is 0.333. The van der Waals surface area contributed by atoms with Gasteiger partial charge in [-0.3, -0.25) is 4.79 Å². The van der Waals surface area contributed by atoms with E-state index < -0.39 is 0 Å². The fourth-order valence-corrected chi connectivity index (χ4v) is 2.99. The Morgan fingerprint density at radius 3 is 2.70 bits per heavy atom. The lowest BCUT2D eigenvalue weighted by Gasteiger charge is -2.11. The summed E-state index contributed by atoms with van der Waals surface area (Å²) in [5.41, 5.74) is 2.08. The van der Waals surface area contributed by atoms with E-state index in [1.54, 1.807) is 0 Å². The van der Waals surface area contributed by atoms with E-state index >= 15 is 0 Å². The van der Waals surface area contributed by atoms with Crippen LogP contribution >= 0.6 is 0 Å². The number of para-hydroxylation sites is 3. The molecule has 0 fully saturated rings. The van der Waals surface area contributed by atoms with E-state index in [1.807, 2.05) is 48.5 Å². The normalized spacial score (nSPS) is 10.9. The largest absolute Gasteiger partial charge is 0.494 e. The number of nitrogens with one attached hydrogen (secondary N) is 1. The molecule has 3 aromatic rings. The molecule has 0 bridgehead atoms. The van der Waals surface area contributed by atoms with Gasteiger partial charge in [-0.15, -0.1) is 0 Å². The highest BCUT2D eigenvalue weighted by molar-refractivity contribution is 5.77. The van der Waals surface area contributed by atoms with E-state index in [4.69, 9.17) is 14.5 Å². The van der Waals surface area contributed by atoms with Gasteiger partial charge >= 0.3 is 0 Å². The predicted molar refractivity (Wildman–Crippen MR) is 105 cm³/mol. The molecule has 0 radical (unpaired) electrons. The van der Waals surface area contributed by atoms with Crippen LogP contribution in [0.25, 0.3) is 11.0 Å². The summed E-state index contributed by atoms with van der Waals surface area (Å²) < 4.78 is 12.8. The molecular formula is C21H25N3O3. The van der Waals surface area contributed by atoms with E-state index in [0.29, 0.717) is 19.6 Å². The molecule has 27 heavy (non-hydrogen) atoms. The number of nitrogens with zero attached hydrogens (tertiary/aromatic N) is 2. The number of hydrogen-bond acceptors (Lipinski definition) is 4. The lowest BCUT2D eigenvalue weighted by Crippen LogP contribution is -2.29. The maximum Gasteiger partial charge on any atom is 0.245 e. The molecule has 2 aromatic carbocycles. The smallest absolute Gasteiger partial charge is 0.245 e. The minimum Gasteiger partial charge on any atom is -0.494 e. The summed E-state index contributed by atoms with van der Waals surface area (Å²) in [6.07, 6.45) is 1.54. The third-order valence-electron chi connectivity index (χ3n) is 4.22. The van der Waals surface area contributed by atoms with E-state index in [1.165, 1.54) is 7.11 Å². The molecule has 1 N–H and O–H groups in total. The molecule has 0 aliphatic carbocycles. The van der Waals surface area contributed by atoms with Crippen molar-refractivity contribution in [3.8, 4) is 5.75 Å². The first-order chi connectivity index (χ1) is 13.3. The van der Waals surface area contributed by atoms with Crippen LogP contribution in [0.3, 0.4) is 0 Å². The molecule has 1 aromatic heterocycles. The predicted octanol–water partition coefficient (Wildman–Crippen LogP) is 2.81. The van der Waals surface area contributed by atoms with Gasteiger partial charge in [-0.05, 0) is 30.7 Å². The van der Waals surface area contributed by atoms with Crippen LogP contribution in [0, 0.1) is 0 Å². The zero-order chi connectivity index (χ0) is 18.9. The number of aryl methyl sites for hydroxylation is 1. The van der Waals surface area contributed by atoms with Crippen molar-refractivity contribution in [2.24, 2.45) is 0 Å². The second kappa shape index (κ2) is 9.73. The molecule has 3 rings (SSSR count). The van der Waals surface area contributed by atoms with Crippen LogP contribution in [0.1, 0.15) is 12.2 Å². The van der Waals surface area contributed by atoms with Crippen molar-refractivity contribution < 1.29 is 14.3 Å². The van der Waals surface area contributed by atoms with E-state index in [0.717, 1.165) is 35.6 Å². The van der Waals surface area contributed by atoms with Crippen molar-refractivity contribution in [3.63, 3.8) is 0 Å². The standard InChI is InChI=1S/C21H25N3O3/c1-26-16-21(25)22-13-12-20-23-18-10-5-6-11-19(18)24(20)14-7-15-27-17-8-3-2-4-9-17/h2-6,8-11H,7,12-16H2,1H3,(H,22,25). The van der Waals surface area contributed by atoms with Crippen molar-refractivity contribution >= 4 is 16.9 Å². The highest BCUT2D eigenvalue weighted by Crippen LogP contribution is 2.17. The van der Waals surface area contributed by atoms with Gasteiger partial charge in [-0.2, -0.15) is 0 Å². The molecule has 142 valence electrons. The van der Waals surface area contributed by atoms with Crippen LogP contribution in [0.5, 0.6) is 5.75 Å². The van der Waals surface area contributed by atoms with E-state index in [-0.39, 0.29) is 12.5 Å². The van der Waals surface area contributed by atoms with Crippen LogP contribution in [0.4, 0.5) is 0 Å². The number of carbonyl (C=O) groups is 1. The molecule has 6 heteroatoms. The monoisotopic (exact) mass is 367 g/mol. The molecule has 1 heterocycles. The summed E-state index contributed by atoms with van der Waals surface area (Å²) in [5.74, 6) is 1.74. The van der Waals surface area contributed by atoms with Gasteiger partial charge in [0.15, 0.2) is 0 Å². The summed E-state index contributed by atoms with van der Waals surface area (Å²) in [6.45, 7) is 2.06. The van der Waals surface area contributed by atoms with Gasteiger partial charge in [0.2, 0.25) is 5.91 Å². The molecule has 0 aliphatic heterocycles. The average Bonchev–Trinajstić information content (AvgIpc) is 3.04. The number of aromatic nitrogens is 2. The third-order valence-corrected chi connectivity index (χ3v) is 4.22. The van der Waals surface area contributed by atoms with Crippen molar-refractivity contribution in [2.75, 3.05) is 26.9 Å². The Hall–Kier alpha value is -2.86. The second-order valence-corrected chi connectivity index (χ2v) is 6.22. The highest BCUT2D eigenvalue weighted by Gasteiger charge is 2.10. The minimum absolute atomic E-state index is 0.0766. The average molecular weight is 367 g/mol. The lowest BCUT2D eigenvalue weighted by molar-refractivity contribution is -0.124. The van der Waals surface area contributed by atoms with Gasteiger partial charge in [0, 0.05) is 26.6 Å². The van der Waals surface area contributed by atoms with Crippen LogP contribution in [0.2, 0.25) is 0 Å². The Kier molecular flexibility index (Phi) is 6.82. The van der Waals surface area contributed by atoms with Crippen molar-refractivity contribution in [1.29, 1.82) is 0 Å². The Bertz CT molecular complexity index is 861. The van der Waals surface area contributed by atoms with Crippen LogP contribution < -0.4 is 10.1 Å². The van der Waals surface area contributed by atoms with Gasteiger partial charge in [-0.1, -0.05) is 30.3 Å². The Labute approximate surface area is 159 Å². The number of imidazole rings is 1. The van der Waals surface area contributed by atoms with Gasteiger partial charge in [0.1, 0.15) is 18.2 Å². The summed E-state index contributed by atoms with van der Waals surface area (Å²) in [4.78, 5) is 16.3. The SMILES string of the molecule is COCC(=O)NCCc1nc2ccccc2n1CCCOc1ccccc1. The molecule has 6 nitrogen and oxygen atoms in total. The van der Waals surface area contributed by atoms with Crippen LogP contribution in [-0.2, 0) is 22.5 Å². The quantitative estimate of drug-likeness (QED) is 0.560. The molecule has 0 saturated heterocycles. The topological polar surface area (TPSA) is 65.4 Å². The summed E-state index contributed by atoms with van der Waals surface area (Å²) >= 11 is 0. The third kappa shape index (κ3) is 5.31. The number of ether oxygens (including phenoxy) is 2. The number of hydrogen-bond donors (Lipinski definition) is 1. The fourth-order valence-electron chi connectivity index (χ4n) is 2.99. The van der Waals surface area contributed by atoms with Crippen LogP contribution in [0.15, 0.2) is 54.6 Å². The number of methoxy groups -OCH3 is 1. The zero-order valence-corrected chi connectivity index (χ0v) is 15.6. The number of benzene rings is 2. The van der Waals surface area contributed by atoms with Gasteiger partial charge in [-0.25, -0.2) is 4.98 Å². The number of rotatable bonds is 10. The summed E-state index contributed by atoms with van der Waals surface area (Å²) in [5, 5.41) is 2.85. The lowest BCUT2D eigenvalue weighted by atomic mass is 10.3. The highest BCUT2D eigenvalue weighted by atomic mass is 16.5. The van der Waals surface area contributed by atoms with Crippen LogP contribution in [-0.4, -0.2) is 42.3 Å². The van der Waals surface area contributed by atoms with E-state index in [9.17, 15) is 4.79 Å². The second-order valence-electron chi connectivity index (χ2n) is 6.22. The Morgan fingerprint density at radius 1 is 1.11 bits per heavy atom. The molecule has 0 aliphatic rings.